The Morgan fingerprint density at radius 3 is 2.60 bits per heavy atom. The van der Waals surface area contributed by atoms with E-state index in [4.69, 9.17) is 25.8 Å². The zero-order valence-corrected chi connectivity index (χ0v) is 25.6. The van der Waals surface area contributed by atoms with Gasteiger partial charge in [-0.1, -0.05) is 17.7 Å². The molecule has 0 saturated carbocycles. The van der Waals surface area contributed by atoms with Crippen molar-refractivity contribution >= 4 is 45.9 Å². The third-order valence-electron chi connectivity index (χ3n) is 6.39. The summed E-state index contributed by atoms with van der Waals surface area (Å²) in [7, 11) is 3.00. The molecule has 0 aliphatic rings. The van der Waals surface area contributed by atoms with Gasteiger partial charge in [0.2, 0.25) is 0 Å². The smallest absolute Gasteiger partial charge is 0.407 e. The molecule has 2 heterocycles. The molecule has 43 heavy (non-hydrogen) atoms. The minimum absolute atomic E-state index is 0.000452. The molecular formula is C31H35ClFN5O5. The number of anilines is 2. The van der Waals surface area contributed by atoms with Crippen LogP contribution in [0.1, 0.15) is 37.7 Å². The van der Waals surface area contributed by atoms with Gasteiger partial charge in [-0.3, -0.25) is 9.67 Å². The molecule has 1 amide bonds. The van der Waals surface area contributed by atoms with Crippen LogP contribution < -0.4 is 10.2 Å². The molecule has 0 aliphatic carbocycles. The topological polar surface area (TPSA) is 108 Å². The number of fused-ring (bicyclic) bond motifs is 1. The Labute approximate surface area is 254 Å². The fourth-order valence-corrected chi connectivity index (χ4v) is 4.58. The van der Waals surface area contributed by atoms with Crippen LogP contribution in [0.4, 0.5) is 20.6 Å². The molecule has 1 N–H and O–H groups in total. The van der Waals surface area contributed by atoms with Crippen LogP contribution in [0.15, 0.2) is 54.7 Å². The first kappa shape index (κ1) is 31.7. The predicted octanol–water partition coefficient (Wildman–Crippen LogP) is 6.28. The Morgan fingerprint density at radius 1 is 1.09 bits per heavy atom. The maximum absolute atomic E-state index is 14.1. The summed E-state index contributed by atoms with van der Waals surface area (Å²) in [5.74, 6) is -0.998. The van der Waals surface area contributed by atoms with E-state index in [0.29, 0.717) is 49.8 Å². The van der Waals surface area contributed by atoms with Gasteiger partial charge in [-0.25, -0.2) is 14.0 Å². The molecule has 0 aliphatic heterocycles. The Morgan fingerprint density at radius 2 is 1.88 bits per heavy atom. The highest BCUT2D eigenvalue weighted by atomic mass is 35.5. The summed E-state index contributed by atoms with van der Waals surface area (Å²) in [6, 6.07) is 13.8. The van der Waals surface area contributed by atoms with Crippen molar-refractivity contribution in [2.75, 3.05) is 38.3 Å². The van der Waals surface area contributed by atoms with Crippen LogP contribution in [-0.2, 0) is 21.3 Å². The minimum atomic E-state index is -0.561. The van der Waals surface area contributed by atoms with E-state index < -0.39 is 23.5 Å². The summed E-state index contributed by atoms with van der Waals surface area (Å²) in [6.07, 6.45) is 1.83. The number of pyridine rings is 1. The van der Waals surface area contributed by atoms with E-state index in [1.165, 1.54) is 17.9 Å². The number of carbonyl (C=O) groups is 2. The zero-order chi connectivity index (χ0) is 31.1. The van der Waals surface area contributed by atoms with Crippen molar-refractivity contribution in [3.63, 3.8) is 0 Å². The lowest BCUT2D eigenvalue weighted by atomic mass is 10.1. The van der Waals surface area contributed by atoms with Gasteiger partial charge in [0.25, 0.3) is 0 Å². The number of carbonyl (C=O) groups excluding carboxylic acids is 2. The van der Waals surface area contributed by atoms with Gasteiger partial charge in [0, 0.05) is 49.6 Å². The van der Waals surface area contributed by atoms with Crippen LogP contribution in [0.2, 0.25) is 5.02 Å². The van der Waals surface area contributed by atoms with Crippen molar-refractivity contribution in [2.24, 2.45) is 7.05 Å². The average Bonchev–Trinajstić information content (AvgIpc) is 3.35. The first-order valence-corrected chi connectivity index (χ1v) is 14.1. The van der Waals surface area contributed by atoms with Gasteiger partial charge in [0.05, 0.1) is 35.6 Å². The SMILES string of the molecule is COC(=O)c1cc(-c2ccc3nccc(N(CCOCCCNC(=O)OC(C)(C)C)c4ccc(F)c(Cl)c4)c3c2)nn1C. The number of hydrogen-bond acceptors (Lipinski definition) is 8. The maximum atomic E-state index is 14.1. The van der Waals surface area contributed by atoms with Gasteiger partial charge in [0.15, 0.2) is 0 Å². The van der Waals surface area contributed by atoms with Crippen LogP contribution in [0, 0.1) is 5.82 Å². The first-order chi connectivity index (χ1) is 20.5. The van der Waals surface area contributed by atoms with Crippen LogP contribution in [0.5, 0.6) is 0 Å². The van der Waals surface area contributed by atoms with E-state index in [9.17, 15) is 14.0 Å². The maximum Gasteiger partial charge on any atom is 0.407 e. The van der Waals surface area contributed by atoms with Crippen molar-refractivity contribution < 1.29 is 28.2 Å². The molecule has 0 atom stereocenters. The molecule has 0 bridgehead atoms. The minimum Gasteiger partial charge on any atom is -0.464 e. The quantitative estimate of drug-likeness (QED) is 0.156. The van der Waals surface area contributed by atoms with Gasteiger partial charge < -0.3 is 24.4 Å². The number of hydrogen-bond donors (Lipinski definition) is 1. The second kappa shape index (κ2) is 13.8. The number of amides is 1. The third kappa shape index (κ3) is 8.20. The van der Waals surface area contributed by atoms with Gasteiger partial charge in [-0.05, 0) is 69.7 Å². The van der Waals surface area contributed by atoms with Crippen molar-refractivity contribution in [1.29, 1.82) is 0 Å². The van der Waals surface area contributed by atoms with Crippen molar-refractivity contribution in [2.45, 2.75) is 32.8 Å². The van der Waals surface area contributed by atoms with E-state index in [-0.39, 0.29) is 5.02 Å². The summed E-state index contributed by atoms with van der Waals surface area (Å²) < 4.78 is 31.5. The summed E-state index contributed by atoms with van der Waals surface area (Å²) in [4.78, 5) is 30.5. The Kier molecular flexibility index (Phi) is 10.2. The molecule has 0 spiro atoms. The molecule has 2 aromatic carbocycles. The largest absolute Gasteiger partial charge is 0.464 e. The fraction of sp³-hybridized carbons (Fsp3) is 0.355. The summed E-state index contributed by atoms with van der Waals surface area (Å²) in [6.45, 7) is 7.01. The summed E-state index contributed by atoms with van der Waals surface area (Å²) in [5.41, 5.74) is 3.34. The number of esters is 1. The van der Waals surface area contributed by atoms with Crippen LogP contribution >= 0.6 is 11.6 Å². The van der Waals surface area contributed by atoms with Gasteiger partial charge in [-0.2, -0.15) is 5.10 Å². The number of aryl methyl sites for hydroxylation is 1. The van der Waals surface area contributed by atoms with Gasteiger partial charge in [0.1, 0.15) is 17.1 Å². The first-order valence-electron chi connectivity index (χ1n) is 13.8. The molecule has 4 aromatic rings. The Bertz CT molecular complexity index is 1600. The normalized spacial score (nSPS) is 11.4. The van der Waals surface area contributed by atoms with Gasteiger partial charge >= 0.3 is 12.1 Å². The molecule has 10 nitrogen and oxygen atoms in total. The van der Waals surface area contributed by atoms with E-state index in [2.05, 4.69) is 15.4 Å². The molecular weight excluding hydrogens is 577 g/mol. The number of halogens is 2. The predicted molar refractivity (Wildman–Crippen MR) is 163 cm³/mol. The summed E-state index contributed by atoms with van der Waals surface area (Å²) in [5, 5.41) is 8.02. The van der Waals surface area contributed by atoms with Gasteiger partial charge in [-0.15, -0.1) is 0 Å². The van der Waals surface area contributed by atoms with Crippen LogP contribution in [0.3, 0.4) is 0 Å². The molecule has 0 fully saturated rings. The number of methoxy groups -OCH3 is 1. The number of nitrogens with zero attached hydrogens (tertiary/aromatic N) is 4. The summed E-state index contributed by atoms with van der Waals surface area (Å²) >= 11 is 6.17. The number of rotatable bonds is 11. The number of benzene rings is 2. The van der Waals surface area contributed by atoms with Crippen molar-refractivity contribution in [1.82, 2.24) is 20.1 Å². The third-order valence-corrected chi connectivity index (χ3v) is 6.68. The average molecular weight is 612 g/mol. The van der Waals surface area contributed by atoms with Crippen molar-refractivity contribution in [3.8, 4) is 11.3 Å². The van der Waals surface area contributed by atoms with E-state index in [1.807, 2.05) is 49.9 Å². The molecule has 2 aromatic heterocycles. The zero-order valence-electron chi connectivity index (χ0n) is 24.8. The highest BCUT2D eigenvalue weighted by molar-refractivity contribution is 6.31. The number of aromatic nitrogens is 3. The highest BCUT2D eigenvalue weighted by Crippen LogP contribution is 2.35. The lowest BCUT2D eigenvalue weighted by molar-refractivity contribution is 0.0519. The number of nitrogens with one attached hydrogen (secondary N) is 1. The van der Waals surface area contributed by atoms with E-state index in [1.54, 1.807) is 31.4 Å². The second-order valence-corrected chi connectivity index (χ2v) is 11.1. The Hall–Kier alpha value is -4.22. The molecule has 12 heteroatoms. The molecule has 0 saturated heterocycles. The number of alkyl carbamates (subject to hydrolysis) is 1. The number of ether oxygens (including phenoxy) is 3. The lowest BCUT2D eigenvalue weighted by Crippen LogP contribution is -2.33. The molecule has 0 radical (unpaired) electrons. The Balaban J connectivity index is 1.55. The standard InChI is InChI=1S/C31H35ClFN5O5/c1-31(2,3)43-30(40)35-12-6-15-42-16-14-38(21-8-9-24(33)23(32)18-21)27-11-13-34-25-10-7-20(17-22(25)27)26-19-28(29(39)41-5)37(4)36-26/h7-11,13,17-19H,6,12,14-16H2,1-5H3,(H,35,40). The molecule has 4 rings (SSSR count). The van der Waals surface area contributed by atoms with E-state index in [0.717, 1.165) is 22.2 Å². The fourth-order valence-electron chi connectivity index (χ4n) is 4.41. The molecule has 0 unspecified atom stereocenters. The van der Waals surface area contributed by atoms with E-state index >= 15 is 0 Å². The van der Waals surface area contributed by atoms with Crippen LogP contribution in [0.25, 0.3) is 22.2 Å². The van der Waals surface area contributed by atoms with Crippen LogP contribution in [-0.4, -0.2) is 65.8 Å². The van der Waals surface area contributed by atoms with Crippen molar-refractivity contribution in [3.05, 3.63) is 71.3 Å². The second-order valence-electron chi connectivity index (χ2n) is 10.7. The monoisotopic (exact) mass is 611 g/mol. The molecule has 228 valence electrons. The lowest BCUT2D eigenvalue weighted by Gasteiger charge is -2.26. The highest BCUT2D eigenvalue weighted by Gasteiger charge is 2.19.